The molecule has 178 valence electrons. The van der Waals surface area contributed by atoms with Crippen molar-refractivity contribution in [1.29, 1.82) is 0 Å². The first-order valence-electron chi connectivity index (χ1n) is 11.9. The molecule has 0 fully saturated rings. The molecule has 1 aliphatic rings. The second-order valence-corrected chi connectivity index (χ2v) is 9.07. The van der Waals surface area contributed by atoms with Crippen LogP contribution in [0, 0.1) is 0 Å². The van der Waals surface area contributed by atoms with E-state index in [4.69, 9.17) is 5.21 Å². The lowest BCUT2D eigenvalue weighted by molar-refractivity contribution is -0.124. The summed E-state index contributed by atoms with van der Waals surface area (Å²) in [6, 6.07) is 22.5. The van der Waals surface area contributed by atoms with Crippen LogP contribution in [0.1, 0.15) is 40.3 Å². The molecular weight excluding hydrogens is 438 g/mol. The van der Waals surface area contributed by atoms with Gasteiger partial charge in [0.25, 0.3) is 5.91 Å². The fraction of sp³-hybridized carbons (Fsp3) is 0.207. The van der Waals surface area contributed by atoms with Crippen molar-refractivity contribution in [3.05, 3.63) is 107 Å². The lowest BCUT2D eigenvalue weighted by Crippen LogP contribution is -2.29. The molecule has 1 unspecified atom stereocenters. The molecule has 1 amide bonds. The molecule has 1 aromatic heterocycles. The van der Waals surface area contributed by atoms with Gasteiger partial charge in [0.15, 0.2) is 0 Å². The minimum Gasteiger partial charge on any atom is -0.508 e. The van der Waals surface area contributed by atoms with Crippen LogP contribution < -0.4 is 5.48 Å². The smallest absolute Gasteiger partial charge is 0.267 e. The van der Waals surface area contributed by atoms with Crippen molar-refractivity contribution in [3.63, 3.8) is 0 Å². The first-order chi connectivity index (χ1) is 17.1. The molecule has 0 spiro atoms. The SMILES string of the molecule is O=C(/C=C/c1ccc2c(c1)CCC2N(CCc1c[nH]c2ccccc12)Cc1cccc(O)c1)NO. The topological polar surface area (TPSA) is 88.6 Å². The van der Waals surface area contributed by atoms with Gasteiger partial charge in [-0.3, -0.25) is 14.9 Å². The highest BCUT2D eigenvalue weighted by Crippen LogP contribution is 2.37. The number of phenols is 1. The van der Waals surface area contributed by atoms with Crippen LogP contribution >= 0.6 is 0 Å². The van der Waals surface area contributed by atoms with Crippen molar-refractivity contribution >= 4 is 22.9 Å². The Bertz CT molecular complexity index is 1370. The number of benzene rings is 3. The highest BCUT2D eigenvalue weighted by atomic mass is 16.5. The van der Waals surface area contributed by atoms with Gasteiger partial charge in [0.2, 0.25) is 0 Å². The van der Waals surface area contributed by atoms with Crippen molar-refractivity contribution in [1.82, 2.24) is 15.4 Å². The Hall–Kier alpha value is -3.87. The normalized spacial score (nSPS) is 15.2. The fourth-order valence-electron chi connectivity index (χ4n) is 5.14. The summed E-state index contributed by atoms with van der Waals surface area (Å²) >= 11 is 0. The van der Waals surface area contributed by atoms with E-state index in [0.717, 1.165) is 49.0 Å². The van der Waals surface area contributed by atoms with Crippen molar-refractivity contribution in [3.8, 4) is 5.75 Å². The number of phenolic OH excluding ortho intramolecular Hbond substituents is 1. The number of para-hydroxylation sites is 1. The number of amides is 1. The van der Waals surface area contributed by atoms with E-state index in [1.807, 2.05) is 24.3 Å². The molecule has 1 aliphatic carbocycles. The zero-order valence-corrected chi connectivity index (χ0v) is 19.4. The van der Waals surface area contributed by atoms with E-state index in [1.54, 1.807) is 17.6 Å². The van der Waals surface area contributed by atoms with Crippen LogP contribution in [0.5, 0.6) is 5.75 Å². The number of nitrogens with zero attached hydrogens (tertiary/aromatic N) is 1. The van der Waals surface area contributed by atoms with E-state index >= 15 is 0 Å². The summed E-state index contributed by atoms with van der Waals surface area (Å²) in [6.07, 6.45) is 8.06. The van der Waals surface area contributed by atoms with E-state index in [0.29, 0.717) is 0 Å². The second kappa shape index (κ2) is 10.2. The Labute approximate surface area is 204 Å². The Morgan fingerprint density at radius 2 is 2.00 bits per heavy atom. The molecule has 0 saturated carbocycles. The molecule has 6 heteroatoms. The van der Waals surface area contributed by atoms with E-state index in [2.05, 4.69) is 52.5 Å². The highest BCUT2D eigenvalue weighted by Gasteiger charge is 2.28. The maximum Gasteiger partial charge on any atom is 0.267 e. The summed E-state index contributed by atoms with van der Waals surface area (Å²) in [5.41, 5.74) is 8.71. The maximum absolute atomic E-state index is 11.3. The Morgan fingerprint density at radius 3 is 2.86 bits per heavy atom. The van der Waals surface area contributed by atoms with Gasteiger partial charge >= 0.3 is 0 Å². The van der Waals surface area contributed by atoms with Crippen molar-refractivity contribution in [2.75, 3.05) is 6.54 Å². The Morgan fingerprint density at radius 1 is 1.11 bits per heavy atom. The summed E-state index contributed by atoms with van der Waals surface area (Å²) in [6.45, 7) is 1.64. The van der Waals surface area contributed by atoms with Crippen LogP contribution in [0.3, 0.4) is 0 Å². The molecule has 3 aromatic carbocycles. The van der Waals surface area contributed by atoms with Gasteiger partial charge in [0.05, 0.1) is 0 Å². The number of aromatic nitrogens is 1. The summed E-state index contributed by atoms with van der Waals surface area (Å²) in [7, 11) is 0. The number of nitrogens with one attached hydrogen (secondary N) is 2. The molecule has 6 nitrogen and oxygen atoms in total. The number of hydrogen-bond acceptors (Lipinski definition) is 4. The molecular formula is C29H29N3O3. The van der Waals surface area contributed by atoms with Gasteiger partial charge in [-0.1, -0.05) is 48.5 Å². The monoisotopic (exact) mass is 467 g/mol. The number of H-pyrrole nitrogens is 1. The van der Waals surface area contributed by atoms with Crippen LogP contribution in [0.4, 0.5) is 0 Å². The first-order valence-corrected chi connectivity index (χ1v) is 11.9. The number of hydroxylamine groups is 1. The van der Waals surface area contributed by atoms with Gasteiger partial charge in [0, 0.05) is 42.3 Å². The quantitative estimate of drug-likeness (QED) is 0.164. The van der Waals surface area contributed by atoms with E-state index in [1.165, 1.54) is 28.2 Å². The minimum absolute atomic E-state index is 0.274. The molecule has 35 heavy (non-hydrogen) atoms. The lowest BCUT2D eigenvalue weighted by Gasteiger charge is -2.30. The standard InChI is InChI=1S/C29H29N3O3/c33-24-5-3-4-21(17-24)19-32(15-14-23-18-30-27-7-2-1-6-25(23)27)28-12-10-22-16-20(8-11-26(22)28)9-13-29(34)31-35/h1-9,11,13,16-18,28,30,33,35H,10,12,14-15,19H2,(H,31,34)/b13-9+. The predicted molar refractivity (Wildman–Crippen MR) is 137 cm³/mol. The van der Waals surface area contributed by atoms with Crippen molar-refractivity contribution in [2.45, 2.75) is 31.8 Å². The average Bonchev–Trinajstić information content (AvgIpc) is 3.49. The third-order valence-corrected chi connectivity index (χ3v) is 6.83. The van der Waals surface area contributed by atoms with E-state index < -0.39 is 5.91 Å². The third kappa shape index (κ3) is 5.14. The molecule has 0 aliphatic heterocycles. The van der Waals surface area contributed by atoms with Gasteiger partial charge in [-0.2, -0.15) is 0 Å². The molecule has 5 rings (SSSR count). The van der Waals surface area contributed by atoms with Crippen LogP contribution in [0.15, 0.2) is 79.0 Å². The van der Waals surface area contributed by atoms with Gasteiger partial charge in [-0.05, 0) is 71.4 Å². The molecule has 1 heterocycles. The van der Waals surface area contributed by atoms with Crippen molar-refractivity contribution < 1.29 is 15.1 Å². The summed E-state index contributed by atoms with van der Waals surface area (Å²) in [5.74, 6) is -0.257. The van der Waals surface area contributed by atoms with Gasteiger partial charge in [-0.15, -0.1) is 0 Å². The number of rotatable bonds is 8. The summed E-state index contributed by atoms with van der Waals surface area (Å²) < 4.78 is 0. The van der Waals surface area contributed by atoms with E-state index in [-0.39, 0.29) is 11.8 Å². The largest absolute Gasteiger partial charge is 0.508 e. The number of aromatic hydroxyl groups is 1. The Kier molecular flexibility index (Phi) is 6.66. The zero-order chi connectivity index (χ0) is 24.2. The minimum atomic E-state index is -0.544. The Balaban J connectivity index is 1.40. The molecule has 4 N–H and O–H groups in total. The molecule has 1 atom stereocenters. The predicted octanol–water partition coefficient (Wildman–Crippen LogP) is 5.12. The number of carbonyl (C=O) groups excluding carboxylic acids is 1. The van der Waals surface area contributed by atoms with Crippen molar-refractivity contribution in [2.24, 2.45) is 0 Å². The fourth-order valence-corrected chi connectivity index (χ4v) is 5.14. The summed E-state index contributed by atoms with van der Waals surface area (Å²) in [5, 5.41) is 20.0. The van der Waals surface area contributed by atoms with Gasteiger partial charge in [0.1, 0.15) is 5.75 Å². The number of carbonyl (C=O) groups is 1. The maximum atomic E-state index is 11.3. The first kappa shape index (κ1) is 22.9. The lowest BCUT2D eigenvalue weighted by atomic mass is 10.0. The third-order valence-electron chi connectivity index (χ3n) is 6.83. The van der Waals surface area contributed by atoms with Gasteiger partial charge < -0.3 is 10.1 Å². The number of hydrogen-bond donors (Lipinski definition) is 4. The summed E-state index contributed by atoms with van der Waals surface area (Å²) in [4.78, 5) is 17.2. The number of fused-ring (bicyclic) bond motifs is 2. The average molecular weight is 468 g/mol. The highest BCUT2D eigenvalue weighted by molar-refractivity contribution is 5.90. The molecule has 0 bridgehead atoms. The number of aryl methyl sites for hydroxylation is 1. The van der Waals surface area contributed by atoms with Crippen LogP contribution in [0.2, 0.25) is 0 Å². The molecule has 4 aromatic rings. The van der Waals surface area contributed by atoms with Gasteiger partial charge in [-0.25, -0.2) is 5.48 Å². The van der Waals surface area contributed by atoms with Crippen LogP contribution in [0.25, 0.3) is 17.0 Å². The van der Waals surface area contributed by atoms with E-state index in [9.17, 15) is 9.90 Å². The van der Waals surface area contributed by atoms with Crippen LogP contribution in [-0.2, 0) is 24.2 Å². The molecule has 0 radical (unpaired) electrons. The zero-order valence-electron chi connectivity index (χ0n) is 19.4. The number of aromatic amines is 1. The second-order valence-electron chi connectivity index (χ2n) is 9.07. The van der Waals surface area contributed by atoms with Crippen LogP contribution in [-0.4, -0.2) is 32.6 Å². The molecule has 0 saturated heterocycles.